The fourth-order valence-corrected chi connectivity index (χ4v) is 2.54. The minimum absolute atomic E-state index is 0.000703. The normalized spacial score (nSPS) is 10.7. The molecule has 2 aromatic heterocycles. The van der Waals surface area contributed by atoms with Gasteiger partial charge in [-0.05, 0) is 12.1 Å². The number of nitriles is 1. The van der Waals surface area contributed by atoms with Crippen molar-refractivity contribution >= 4 is 16.6 Å². The number of anilines is 1. The number of aryl methyl sites for hydroxylation is 1. The predicted octanol–water partition coefficient (Wildman–Crippen LogP) is 2.75. The molecular weight excluding hydrogens is 300 g/mol. The number of halogens is 2. The topological polar surface area (TPSA) is 57.7 Å². The number of nitrogens with zero attached hydrogens (tertiary/aromatic N) is 5. The lowest BCUT2D eigenvalue weighted by Crippen LogP contribution is -2.21. The van der Waals surface area contributed by atoms with Crippen LogP contribution in [-0.4, -0.2) is 21.6 Å². The molecule has 0 saturated carbocycles. The average molecular weight is 313 g/mol. The number of hydrogen-bond acceptors (Lipinski definition) is 4. The Balaban J connectivity index is 2.20. The van der Waals surface area contributed by atoms with Gasteiger partial charge in [0.15, 0.2) is 0 Å². The molecule has 0 aliphatic carbocycles. The van der Waals surface area contributed by atoms with E-state index >= 15 is 0 Å². The Morgan fingerprint density at radius 3 is 2.65 bits per heavy atom. The van der Waals surface area contributed by atoms with Crippen LogP contribution in [0.25, 0.3) is 10.9 Å². The van der Waals surface area contributed by atoms with Gasteiger partial charge in [0.2, 0.25) is 0 Å². The van der Waals surface area contributed by atoms with Crippen molar-refractivity contribution in [2.24, 2.45) is 7.05 Å². The van der Waals surface area contributed by atoms with Gasteiger partial charge < -0.3 is 9.47 Å². The third-order valence-electron chi connectivity index (χ3n) is 3.69. The smallest absolute Gasteiger partial charge is 0.149 e. The summed E-state index contributed by atoms with van der Waals surface area (Å²) >= 11 is 0. The molecule has 7 heteroatoms. The van der Waals surface area contributed by atoms with E-state index in [4.69, 9.17) is 0 Å². The molecule has 0 saturated heterocycles. The van der Waals surface area contributed by atoms with Crippen LogP contribution in [0.4, 0.5) is 14.5 Å². The fraction of sp³-hybridized carbons (Fsp3) is 0.188. The number of rotatable bonds is 3. The van der Waals surface area contributed by atoms with Crippen LogP contribution in [0.3, 0.4) is 0 Å². The first-order valence-corrected chi connectivity index (χ1v) is 6.87. The molecule has 0 bridgehead atoms. The number of benzene rings is 1. The van der Waals surface area contributed by atoms with Crippen LogP contribution in [0, 0.1) is 23.0 Å². The largest absolute Gasteiger partial charge is 0.365 e. The number of pyridine rings is 1. The molecule has 1 aromatic carbocycles. The second-order valence-electron chi connectivity index (χ2n) is 5.20. The molecule has 0 amide bonds. The van der Waals surface area contributed by atoms with Gasteiger partial charge in [-0.1, -0.05) is 0 Å². The quantitative estimate of drug-likeness (QED) is 0.746. The third-order valence-corrected chi connectivity index (χ3v) is 3.69. The number of hydrogen-bond donors (Lipinski definition) is 0. The van der Waals surface area contributed by atoms with Crippen LogP contribution in [-0.2, 0) is 13.6 Å². The number of imidazole rings is 1. The van der Waals surface area contributed by atoms with Gasteiger partial charge in [0.1, 0.15) is 29.0 Å². The number of fused-ring (bicyclic) bond motifs is 1. The molecule has 0 atom stereocenters. The van der Waals surface area contributed by atoms with E-state index in [9.17, 15) is 14.0 Å². The Kier molecular flexibility index (Phi) is 3.66. The summed E-state index contributed by atoms with van der Waals surface area (Å²) in [7, 11) is 3.54. The highest BCUT2D eigenvalue weighted by atomic mass is 19.1. The van der Waals surface area contributed by atoms with Crippen LogP contribution >= 0.6 is 0 Å². The van der Waals surface area contributed by atoms with Crippen molar-refractivity contribution in [2.75, 3.05) is 11.9 Å². The van der Waals surface area contributed by atoms with Gasteiger partial charge >= 0.3 is 0 Å². The second-order valence-corrected chi connectivity index (χ2v) is 5.20. The lowest BCUT2D eigenvalue weighted by atomic mass is 10.1. The Morgan fingerprint density at radius 1 is 1.26 bits per heavy atom. The van der Waals surface area contributed by atoms with Crippen LogP contribution in [0.15, 0.2) is 30.7 Å². The minimum Gasteiger partial charge on any atom is -0.365 e. The van der Waals surface area contributed by atoms with Crippen molar-refractivity contribution < 1.29 is 8.78 Å². The van der Waals surface area contributed by atoms with Crippen molar-refractivity contribution in [3.63, 3.8) is 0 Å². The van der Waals surface area contributed by atoms with Crippen molar-refractivity contribution in [2.45, 2.75) is 6.54 Å². The molecular formula is C16H13F2N5. The van der Waals surface area contributed by atoms with E-state index in [0.29, 0.717) is 12.2 Å². The lowest BCUT2D eigenvalue weighted by Gasteiger charge is -2.22. The maximum Gasteiger partial charge on any atom is 0.149 e. The Hall–Kier alpha value is -3.01. The van der Waals surface area contributed by atoms with Crippen molar-refractivity contribution in [1.29, 1.82) is 5.26 Å². The van der Waals surface area contributed by atoms with Crippen molar-refractivity contribution in [3.8, 4) is 6.07 Å². The SMILES string of the molecule is CN(Cc1nccn1C)c1c(C#N)cnc2c(F)ccc(F)c12. The van der Waals surface area contributed by atoms with E-state index in [-0.39, 0.29) is 16.5 Å². The highest BCUT2D eigenvalue weighted by Crippen LogP contribution is 2.32. The van der Waals surface area contributed by atoms with Crippen molar-refractivity contribution in [1.82, 2.24) is 14.5 Å². The van der Waals surface area contributed by atoms with E-state index in [1.165, 1.54) is 6.20 Å². The third kappa shape index (κ3) is 2.48. The minimum atomic E-state index is -0.627. The number of aromatic nitrogens is 3. The molecule has 3 aromatic rings. The van der Waals surface area contributed by atoms with Crippen molar-refractivity contribution in [3.05, 3.63) is 53.7 Å². The molecule has 0 aliphatic rings. The summed E-state index contributed by atoms with van der Waals surface area (Å²) < 4.78 is 30.1. The zero-order valence-electron chi connectivity index (χ0n) is 12.6. The van der Waals surface area contributed by atoms with Gasteiger partial charge in [0.25, 0.3) is 0 Å². The van der Waals surface area contributed by atoms with E-state index in [0.717, 1.165) is 18.0 Å². The summed E-state index contributed by atoms with van der Waals surface area (Å²) in [6.45, 7) is 0.341. The maximum atomic E-state index is 14.3. The summed E-state index contributed by atoms with van der Waals surface area (Å²) in [6, 6.07) is 4.06. The predicted molar refractivity (Wildman–Crippen MR) is 81.7 cm³/mol. The zero-order valence-corrected chi connectivity index (χ0v) is 12.6. The molecule has 0 fully saturated rings. The van der Waals surface area contributed by atoms with Gasteiger partial charge in [0.05, 0.1) is 23.2 Å². The molecule has 23 heavy (non-hydrogen) atoms. The summed E-state index contributed by atoms with van der Waals surface area (Å²) in [5.74, 6) is -0.511. The lowest BCUT2D eigenvalue weighted by molar-refractivity contribution is 0.615. The van der Waals surface area contributed by atoms with E-state index in [2.05, 4.69) is 9.97 Å². The van der Waals surface area contributed by atoms with E-state index < -0.39 is 11.6 Å². The van der Waals surface area contributed by atoms with Crippen LogP contribution in [0.1, 0.15) is 11.4 Å². The van der Waals surface area contributed by atoms with E-state index in [1.54, 1.807) is 24.3 Å². The Labute approximate surface area is 131 Å². The monoisotopic (exact) mass is 313 g/mol. The van der Waals surface area contributed by atoms with E-state index in [1.807, 2.05) is 17.7 Å². The van der Waals surface area contributed by atoms with Gasteiger partial charge in [0, 0.05) is 32.7 Å². The first-order chi connectivity index (χ1) is 11.0. The molecule has 0 radical (unpaired) electrons. The molecule has 0 unspecified atom stereocenters. The van der Waals surface area contributed by atoms with Gasteiger partial charge in [-0.25, -0.2) is 13.8 Å². The molecule has 0 N–H and O–H groups in total. The first kappa shape index (κ1) is 14.9. The van der Waals surface area contributed by atoms with Gasteiger partial charge in [-0.15, -0.1) is 0 Å². The summed E-state index contributed by atoms with van der Waals surface area (Å²) in [5.41, 5.74) is 0.391. The second kappa shape index (κ2) is 5.65. The summed E-state index contributed by atoms with van der Waals surface area (Å²) in [6.07, 6.45) is 4.70. The average Bonchev–Trinajstić information content (AvgIpc) is 2.94. The zero-order chi connectivity index (χ0) is 16.6. The van der Waals surface area contributed by atoms with Crippen LogP contribution in [0.2, 0.25) is 0 Å². The molecule has 5 nitrogen and oxygen atoms in total. The van der Waals surface area contributed by atoms with Crippen LogP contribution in [0.5, 0.6) is 0 Å². The van der Waals surface area contributed by atoms with Crippen LogP contribution < -0.4 is 4.90 Å². The van der Waals surface area contributed by atoms with Gasteiger partial charge in [-0.3, -0.25) is 4.98 Å². The molecule has 0 aliphatic heterocycles. The Bertz CT molecular complexity index is 926. The fourth-order valence-electron chi connectivity index (χ4n) is 2.54. The first-order valence-electron chi connectivity index (χ1n) is 6.87. The highest BCUT2D eigenvalue weighted by molar-refractivity contribution is 5.95. The Morgan fingerprint density at radius 2 is 2.00 bits per heavy atom. The molecule has 3 rings (SSSR count). The molecule has 0 spiro atoms. The highest BCUT2D eigenvalue weighted by Gasteiger charge is 2.19. The summed E-state index contributed by atoms with van der Waals surface area (Å²) in [5, 5.41) is 9.31. The molecule has 2 heterocycles. The molecule has 116 valence electrons. The standard InChI is InChI=1S/C16H13F2N5/c1-22-6-5-20-13(22)9-23(2)16-10(7-19)8-21-15-12(18)4-3-11(17)14(15)16/h3-6,8H,9H2,1-2H3. The summed E-state index contributed by atoms with van der Waals surface area (Å²) in [4.78, 5) is 9.77. The maximum absolute atomic E-state index is 14.3. The van der Waals surface area contributed by atoms with Gasteiger partial charge in [-0.2, -0.15) is 5.26 Å².